The predicted octanol–water partition coefficient (Wildman–Crippen LogP) is 0.535. The standard InChI is InChI=1S/C7H11N3/c1-6-8-5-4-7(9-6)10(2)3/h4-5,8H,1H2,2-3H3. The fraction of sp³-hybridized carbons (Fsp3) is 0.286. The third kappa shape index (κ3) is 1.37. The molecule has 1 rings (SSSR count). The molecule has 1 aliphatic rings. The van der Waals surface area contributed by atoms with Gasteiger partial charge in [-0.2, -0.15) is 0 Å². The van der Waals surface area contributed by atoms with E-state index >= 15 is 0 Å². The summed E-state index contributed by atoms with van der Waals surface area (Å²) in [5.74, 6) is 1.61. The average Bonchev–Trinajstić information content (AvgIpc) is 1.88. The van der Waals surface area contributed by atoms with Crippen LogP contribution < -0.4 is 5.32 Å². The van der Waals surface area contributed by atoms with E-state index in [1.165, 1.54) is 0 Å². The molecule has 3 nitrogen and oxygen atoms in total. The number of hydrogen-bond acceptors (Lipinski definition) is 3. The number of rotatable bonds is 0. The number of hydrogen-bond donors (Lipinski definition) is 1. The van der Waals surface area contributed by atoms with Gasteiger partial charge in [-0.05, 0) is 6.08 Å². The van der Waals surface area contributed by atoms with E-state index in [9.17, 15) is 0 Å². The van der Waals surface area contributed by atoms with Crippen molar-refractivity contribution in [3.63, 3.8) is 0 Å². The van der Waals surface area contributed by atoms with Crippen molar-refractivity contribution in [3.05, 3.63) is 24.7 Å². The zero-order chi connectivity index (χ0) is 7.56. The fourth-order valence-electron chi connectivity index (χ4n) is 0.669. The molecule has 0 aromatic heterocycles. The summed E-state index contributed by atoms with van der Waals surface area (Å²) in [5, 5.41) is 2.88. The van der Waals surface area contributed by atoms with E-state index in [0.29, 0.717) is 5.82 Å². The van der Waals surface area contributed by atoms with Crippen LogP contribution in [0.15, 0.2) is 29.7 Å². The molecular formula is C7H11N3. The first-order valence-electron chi connectivity index (χ1n) is 3.08. The summed E-state index contributed by atoms with van der Waals surface area (Å²) in [5.41, 5.74) is 0. The van der Waals surface area contributed by atoms with E-state index in [0.717, 1.165) is 5.84 Å². The van der Waals surface area contributed by atoms with Crippen LogP contribution in [0.3, 0.4) is 0 Å². The van der Waals surface area contributed by atoms with E-state index in [2.05, 4.69) is 16.9 Å². The lowest BCUT2D eigenvalue weighted by molar-refractivity contribution is 0.622. The van der Waals surface area contributed by atoms with Crippen molar-refractivity contribution in [3.8, 4) is 0 Å². The Balaban J connectivity index is 2.76. The lowest BCUT2D eigenvalue weighted by atomic mass is 10.4. The Bertz CT molecular complexity index is 201. The first-order chi connectivity index (χ1) is 4.70. The number of nitrogens with one attached hydrogen (secondary N) is 1. The van der Waals surface area contributed by atoms with E-state index < -0.39 is 0 Å². The van der Waals surface area contributed by atoms with Gasteiger partial charge < -0.3 is 10.2 Å². The molecular weight excluding hydrogens is 126 g/mol. The third-order valence-corrected chi connectivity index (χ3v) is 1.19. The highest BCUT2D eigenvalue weighted by molar-refractivity contribution is 5.93. The Kier molecular flexibility index (Phi) is 1.76. The van der Waals surface area contributed by atoms with Crippen LogP contribution in [0, 0.1) is 0 Å². The van der Waals surface area contributed by atoms with Crippen molar-refractivity contribution in [2.24, 2.45) is 4.99 Å². The Hall–Kier alpha value is -1.25. The minimum absolute atomic E-state index is 0.686. The highest BCUT2D eigenvalue weighted by Crippen LogP contribution is 1.98. The molecule has 54 valence electrons. The molecule has 0 aromatic carbocycles. The highest BCUT2D eigenvalue weighted by atomic mass is 15.2. The molecule has 0 radical (unpaired) electrons. The molecule has 0 spiro atoms. The zero-order valence-corrected chi connectivity index (χ0v) is 6.26. The summed E-state index contributed by atoms with van der Waals surface area (Å²) in [7, 11) is 3.89. The molecule has 1 heterocycles. The van der Waals surface area contributed by atoms with Gasteiger partial charge in [0.15, 0.2) is 0 Å². The molecule has 10 heavy (non-hydrogen) atoms. The first-order valence-corrected chi connectivity index (χ1v) is 3.08. The highest BCUT2D eigenvalue weighted by Gasteiger charge is 2.00. The van der Waals surface area contributed by atoms with E-state index in [1.54, 1.807) is 0 Å². The van der Waals surface area contributed by atoms with Crippen LogP contribution in [-0.4, -0.2) is 24.8 Å². The topological polar surface area (TPSA) is 27.6 Å². The molecule has 0 fully saturated rings. The van der Waals surface area contributed by atoms with Gasteiger partial charge in [-0.25, -0.2) is 4.99 Å². The van der Waals surface area contributed by atoms with Crippen molar-refractivity contribution in [1.82, 2.24) is 10.2 Å². The summed E-state index contributed by atoms with van der Waals surface area (Å²) in [6, 6.07) is 0. The molecule has 0 amide bonds. The van der Waals surface area contributed by atoms with Crippen LogP contribution in [0.4, 0.5) is 0 Å². The molecule has 0 unspecified atom stereocenters. The van der Waals surface area contributed by atoms with Crippen molar-refractivity contribution in [1.29, 1.82) is 0 Å². The van der Waals surface area contributed by atoms with Gasteiger partial charge in [0.25, 0.3) is 0 Å². The van der Waals surface area contributed by atoms with Gasteiger partial charge in [0.05, 0.1) is 0 Å². The lowest BCUT2D eigenvalue weighted by Crippen LogP contribution is -2.24. The third-order valence-electron chi connectivity index (χ3n) is 1.19. The molecule has 1 N–H and O–H groups in total. The van der Waals surface area contributed by atoms with Crippen LogP contribution >= 0.6 is 0 Å². The molecule has 0 saturated carbocycles. The summed E-state index contributed by atoms with van der Waals surface area (Å²) < 4.78 is 0. The van der Waals surface area contributed by atoms with E-state index in [4.69, 9.17) is 0 Å². The zero-order valence-electron chi connectivity index (χ0n) is 6.26. The summed E-state index contributed by atoms with van der Waals surface area (Å²) >= 11 is 0. The number of amidine groups is 1. The van der Waals surface area contributed by atoms with Gasteiger partial charge >= 0.3 is 0 Å². The lowest BCUT2D eigenvalue weighted by Gasteiger charge is -2.15. The van der Waals surface area contributed by atoms with E-state index in [-0.39, 0.29) is 0 Å². The second kappa shape index (κ2) is 2.56. The number of aliphatic imine (C=N–C) groups is 1. The maximum absolute atomic E-state index is 4.13. The molecule has 1 aliphatic heterocycles. The largest absolute Gasteiger partial charge is 0.363 e. The monoisotopic (exact) mass is 137 g/mol. The van der Waals surface area contributed by atoms with Gasteiger partial charge in [-0.1, -0.05) is 6.58 Å². The Labute approximate surface area is 60.7 Å². The molecule has 3 heteroatoms. The maximum Gasteiger partial charge on any atom is 0.131 e. The van der Waals surface area contributed by atoms with Crippen LogP contribution in [0.2, 0.25) is 0 Å². The molecule has 0 aromatic rings. The van der Waals surface area contributed by atoms with Gasteiger partial charge in [-0.15, -0.1) is 0 Å². The Morgan fingerprint density at radius 1 is 1.60 bits per heavy atom. The SMILES string of the molecule is C=C1N=C(N(C)C)C=CN1. The fourth-order valence-corrected chi connectivity index (χ4v) is 0.669. The predicted molar refractivity (Wildman–Crippen MR) is 42.5 cm³/mol. The minimum Gasteiger partial charge on any atom is -0.363 e. The van der Waals surface area contributed by atoms with Gasteiger partial charge in [0, 0.05) is 20.3 Å². The second-order valence-corrected chi connectivity index (χ2v) is 2.29. The summed E-state index contributed by atoms with van der Waals surface area (Å²) in [4.78, 5) is 6.06. The van der Waals surface area contributed by atoms with Crippen molar-refractivity contribution in [2.45, 2.75) is 0 Å². The van der Waals surface area contributed by atoms with Crippen molar-refractivity contribution < 1.29 is 0 Å². The van der Waals surface area contributed by atoms with Gasteiger partial charge in [0.1, 0.15) is 11.7 Å². The van der Waals surface area contributed by atoms with Crippen LogP contribution in [-0.2, 0) is 0 Å². The van der Waals surface area contributed by atoms with Crippen LogP contribution in [0.5, 0.6) is 0 Å². The smallest absolute Gasteiger partial charge is 0.131 e. The quantitative estimate of drug-likeness (QED) is 0.527. The minimum atomic E-state index is 0.686. The molecule has 0 saturated heterocycles. The molecule has 0 bridgehead atoms. The van der Waals surface area contributed by atoms with Crippen molar-refractivity contribution in [2.75, 3.05) is 14.1 Å². The first kappa shape index (κ1) is 6.86. The van der Waals surface area contributed by atoms with Crippen molar-refractivity contribution >= 4 is 5.84 Å². The number of nitrogens with zero attached hydrogens (tertiary/aromatic N) is 2. The van der Waals surface area contributed by atoms with Gasteiger partial charge in [0.2, 0.25) is 0 Å². The van der Waals surface area contributed by atoms with Crippen LogP contribution in [0.25, 0.3) is 0 Å². The molecule has 0 aliphatic carbocycles. The Morgan fingerprint density at radius 3 is 2.70 bits per heavy atom. The van der Waals surface area contributed by atoms with Crippen LogP contribution in [0.1, 0.15) is 0 Å². The number of likely N-dealkylation sites (N-methyl/N-ethyl adjacent to an activating group) is 1. The summed E-state index contributed by atoms with van der Waals surface area (Å²) in [6.07, 6.45) is 3.72. The maximum atomic E-state index is 4.13. The van der Waals surface area contributed by atoms with Gasteiger partial charge in [-0.3, -0.25) is 0 Å². The normalized spacial score (nSPS) is 16.2. The Morgan fingerprint density at radius 2 is 2.30 bits per heavy atom. The average molecular weight is 137 g/mol. The second-order valence-electron chi connectivity index (χ2n) is 2.29. The van der Waals surface area contributed by atoms with E-state index in [1.807, 2.05) is 31.3 Å². The molecule has 0 atom stereocenters. The summed E-state index contributed by atoms with van der Waals surface area (Å²) in [6.45, 7) is 3.67.